The molecule has 0 aliphatic heterocycles. The third-order valence-electron chi connectivity index (χ3n) is 7.35. The van der Waals surface area contributed by atoms with Gasteiger partial charge in [-0.3, -0.25) is 0 Å². The maximum Gasteiger partial charge on any atom is 0.0893 e. The van der Waals surface area contributed by atoms with E-state index in [2.05, 4.69) is 125 Å². The molecule has 0 saturated carbocycles. The summed E-state index contributed by atoms with van der Waals surface area (Å²) in [6.07, 6.45) is 1.28. The van der Waals surface area contributed by atoms with E-state index in [0.29, 0.717) is 19.6 Å². The molecule has 192 valence electrons. The van der Waals surface area contributed by atoms with E-state index in [0.717, 1.165) is 22.5 Å². The van der Waals surface area contributed by atoms with Crippen LogP contribution in [0.3, 0.4) is 0 Å². The van der Waals surface area contributed by atoms with Crippen LogP contribution in [0, 0.1) is 0 Å². The van der Waals surface area contributed by atoms with Crippen LogP contribution in [0.2, 0.25) is 0 Å². The van der Waals surface area contributed by atoms with Crippen molar-refractivity contribution in [3.8, 4) is 22.4 Å². The maximum atomic E-state index is 11.6. The van der Waals surface area contributed by atoms with E-state index < -0.39 is 6.10 Å². The number of nitrogens with zero attached hydrogens (tertiary/aromatic N) is 2. The minimum Gasteiger partial charge on any atom is -0.389 e. The second-order valence-electron chi connectivity index (χ2n) is 9.93. The van der Waals surface area contributed by atoms with E-state index in [1.165, 1.54) is 27.3 Å². The minimum atomic E-state index is -0.606. The fraction of sp³-hybridized carbons (Fsp3) is 0.111. The number of fused-ring (bicyclic) bond motifs is 3. The molecular weight excluding hydrogens is 476 g/mol. The van der Waals surface area contributed by atoms with E-state index in [4.69, 9.17) is 0 Å². The molecule has 6 aromatic rings. The third-order valence-corrected chi connectivity index (χ3v) is 7.35. The zero-order chi connectivity index (χ0) is 26.6. The second-order valence-corrected chi connectivity index (χ2v) is 9.93. The van der Waals surface area contributed by atoms with Gasteiger partial charge in [0.2, 0.25) is 0 Å². The van der Waals surface area contributed by atoms with Gasteiger partial charge in [-0.1, -0.05) is 121 Å². The smallest absolute Gasteiger partial charge is 0.0893 e. The summed E-state index contributed by atoms with van der Waals surface area (Å²) in [5, 5.41) is 15.2. The number of anilines is 1. The summed E-state index contributed by atoms with van der Waals surface area (Å²) >= 11 is 0. The average molecular weight is 509 g/mol. The number of hydrogen-bond donors (Lipinski definition) is 1. The van der Waals surface area contributed by atoms with Crippen LogP contribution in [-0.2, 0) is 6.54 Å². The van der Waals surface area contributed by atoms with Gasteiger partial charge in [0.15, 0.2) is 0 Å². The topological polar surface area (TPSA) is 28.4 Å². The first-order valence-electron chi connectivity index (χ1n) is 13.5. The van der Waals surface area contributed by atoms with Crippen molar-refractivity contribution in [1.29, 1.82) is 0 Å². The van der Waals surface area contributed by atoms with Gasteiger partial charge in [0.25, 0.3) is 0 Å². The summed E-state index contributed by atoms with van der Waals surface area (Å²) in [5.41, 5.74) is 6.85. The lowest BCUT2D eigenvalue weighted by Gasteiger charge is -2.27. The Bertz CT molecular complexity index is 1710. The SMILES string of the molecule is C=CCN(CC(O)Cn1c(-c2ccccc2)c(-c2ccccc2)c2ccc3ccccc3c21)c1ccccc1. The van der Waals surface area contributed by atoms with Crippen LogP contribution < -0.4 is 4.90 Å². The van der Waals surface area contributed by atoms with Gasteiger partial charge in [0, 0.05) is 35.1 Å². The van der Waals surface area contributed by atoms with Crippen LogP contribution in [0.25, 0.3) is 44.1 Å². The number of hydrogen-bond acceptors (Lipinski definition) is 2. The number of aromatic nitrogens is 1. The van der Waals surface area contributed by atoms with Gasteiger partial charge < -0.3 is 14.6 Å². The summed E-state index contributed by atoms with van der Waals surface area (Å²) in [6, 6.07) is 44.4. The predicted molar refractivity (Wildman–Crippen MR) is 165 cm³/mol. The van der Waals surface area contributed by atoms with Crippen molar-refractivity contribution in [2.24, 2.45) is 0 Å². The first-order chi connectivity index (χ1) is 19.2. The molecule has 6 rings (SSSR count). The summed E-state index contributed by atoms with van der Waals surface area (Å²) in [4.78, 5) is 2.18. The molecule has 39 heavy (non-hydrogen) atoms. The monoisotopic (exact) mass is 508 g/mol. The predicted octanol–water partition coefficient (Wildman–Crippen LogP) is 8.18. The molecule has 1 atom stereocenters. The molecule has 3 nitrogen and oxygen atoms in total. The number of benzene rings is 5. The van der Waals surface area contributed by atoms with Gasteiger partial charge in [0.1, 0.15) is 0 Å². The largest absolute Gasteiger partial charge is 0.389 e. The molecule has 1 heterocycles. The van der Waals surface area contributed by atoms with E-state index in [9.17, 15) is 5.11 Å². The Hall–Kier alpha value is -4.60. The van der Waals surface area contributed by atoms with Crippen molar-refractivity contribution >= 4 is 27.4 Å². The van der Waals surface area contributed by atoms with Gasteiger partial charge in [-0.05, 0) is 28.6 Å². The number of rotatable bonds is 9. The molecule has 0 amide bonds. The standard InChI is InChI=1S/C36H32N2O/c1-2-24-37(30-19-10-5-11-20-30)25-31(39)26-38-35(29-17-8-4-9-18-29)34(28-15-6-3-7-16-28)33-23-22-27-14-12-13-21-32(27)36(33)38/h2-23,31,39H,1,24-26H2. The quantitative estimate of drug-likeness (QED) is 0.200. The second kappa shape index (κ2) is 11.0. The Kier molecular flexibility index (Phi) is 6.99. The van der Waals surface area contributed by atoms with Crippen molar-refractivity contribution < 1.29 is 5.11 Å². The van der Waals surface area contributed by atoms with Crippen molar-refractivity contribution in [2.45, 2.75) is 12.6 Å². The van der Waals surface area contributed by atoms with E-state index in [-0.39, 0.29) is 0 Å². The molecule has 0 aliphatic rings. The summed E-state index contributed by atoms with van der Waals surface area (Å²) in [5.74, 6) is 0. The Morgan fingerprint density at radius 2 is 1.31 bits per heavy atom. The van der Waals surface area contributed by atoms with Crippen molar-refractivity contribution in [1.82, 2.24) is 4.57 Å². The average Bonchev–Trinajstić information content (AvgIpc) is 3.32. The molecular formula is C36H32N2O. The molecule has 0 radical (unpaired) electrons. The number of aliphatic hydroxyl groups is 1. The van der Waals surface area contributed by atoms with Crippen molar-refractivity contribution in [3.05, 3.63) is 140 Å². The van der Waals surface area contributed by atoms with Gasteiger partial charge in [-0.15, -0.1) is 6.58 Å². The Balaban J connectivity index is 1.56. The first-order valence-corrected chi connectivity index (χ1v) is 13.5. The van der Waals surface area contributed by atoms with Gasteiger partial charge >= 0.3 is 0 Å². The minimum absolute atomic E-state index is 0.460. The van der Waals surface area contributed by atoms with E-state index in [1.807, 2.05) is 24.3 Å². The van der Waals surface area contributed by atoms with Gasteiger partial charge in [-0.25, -0.2) is 0 Å². The van der Waals surface area contributed by atoms with Crippen molar-refractivity contribution in [2.75, 3.05) is 18.0 Å². The lowest BCUT2D eigenvalue weighted by atomic mass is 9.97. The molecule has 0 spiro atoms. The van der Waals surface area contributed by atoms with Crippen LogP contribution in [0.5, 0.6) is 0 Å². The zero-order valence-corrected chi connectivity index (χ0v) is 21.9. The molecule has 0 fully saturated rings. The van der Waals surface area contributed by atoms with E-state index in [1.54, 1.807) is 0 Å². The molecule has 0 aliphatic carbocycles. The van der Waals surface area contributed by atoms with Gasteiger partial charge in [0.05, 0.1) is 23.9 Å². The van der Waals surface area contributed by atoms with Crippen LogP contribution in [0.4, 0.5) is 5.69 Å². The molecule has 5 aromatic carbocycles. The highest BCUT2D eigenvalue weighted by atomic mass is 16.3. The van der Waals surface area contributed by atoms with E-state index >= 15 is 0 Å². The molecule has 1 unspecified atom stereocenters. The highest BCUT2D eigenvalue weighted by Gasteiger charge is 2.24. The highest BCUT2D eigenvalue weighted by Crippen LogP contribution is 2.43. The number of para-hydroxylation sites is 1. The molecule has 1 N–H and O–H groups in total. The molecule has 1 aromatic heterocycles. The Morgan fingerprint density at radius 3 is 2.00 bits per heavy atom. The Morgan fingerprint density at radius 1 is 0.692 bits per heavy atom. The van der Waals surface area contributed by atoms with Crippen LogP contribution in [0.1, 0.15) is 0 Å². The van der Waals surface area contributed by atoms with Gasteiger partial charge in [-0.2, -0.15) is 0 Å². The van der Waals surface area contributed by atoms with Crippen LogP contribution >= 0.6 is 0 Å². The zero-order valence-electron chi connectivity index (χ0n) is 21.9. The summed E-state index contributed by atoms with van der Waals surface area (Å²) in [6.45, 7) is 5.57. The fourth-order valence-electron chi connectivity index (χ4n) is 5.70. The lowest BCUT2D eigenvalue weighted by Crippen LogP contribution is -2.35. The molecule has 0 bridgehead atoms. The third kappa shape index (κ3) is 4.85. The Labute approximate surface area is 229 Å². The van der Waals surface area contributed by atoms with Crippen LogP contribution in [0.15, 0.2) is 140 Å². The van der Waals surface area contributed by atoms with Crippen LogP contribution in [-0.4, -0.2) is 28.9 Å². The highest BCUT2D eigenvalue weighted by molar-refractivity contribution is 6.15. The lowest BCUT2D eigenvalue weighted by molar-refractivity contribution is 0.162. The number of aliphatic hydroxyl groups excluding tert-OH is 1. The molecule has 3 heteroatoms. The first kappa shape index (κ1) is 24.7. The van der Waals surface area contributed by atoms with Crippen molar-refractivity contribution in [3.63, 3.8) is 0 Å². The maximum absolute atomic E-state index is 11.6. The normalized spacial score (nSPS) is 12.0. The fourth-order valence-corrected chi connectivity index (χ4v) is 5.70. The summed E-state index contributed by atoms with van der Waals surface area (Å²) in [7, 11) is 0. The molecule has 0 saturated heterocycles. The summed E-state index contributed by atoms with van der Waals surface area (Å²) < 4.78 is 2.34.